The lowest BCUT2D eigenvalue weighted by molar-refractivity contribution is 1.07. The highest BCUT2D eigenvalue weighted by atomic mass is 15.0. The predicted molar refractivity (Wildman–Crippen MR) is 329 cm³/mol. The summed E-state index contributed by atoms with van der Waals surface area (Å²) >= 11 is 0. The molecule has 0 amide bonds. The molecule has 370 valence electrons. The van der Waals surface area contributed by atoms with Crippen molar-refractivity contribution in [2.75, 3.05) is 0 Å². The summed E-state index contributed by atoms with van der Waals surface area (Å²) in [5, 5.41) is 2.49. The number of rotatable bonds is 11. The quantitative estimate of drug-likeness (QED) is 0.130. The van der Waals surface area contributed by atoms with Crippen molar-refractivity contribution in [3.63, 3.8) is 0 Å². The van der Waals surface area contributed by atoms with E-state index in [1.807, 2.05) is 0 Å². The largest absolute Gasteiger partial charge is 0.309 e. The molecule has 0 aliphatic heterocycles. The molecule has 12 aromatic carbocycles. The number of para-hydroxylation sites is 2. The van der Waals surface area contributed by atoms with Crippen molar-refractivity contribution >= 4 is 21.8 Å². The average molecular weight is 1010 g/mol. The van der Waals surface area contributed by atoms with E-state index in [0.717, 1.165) is 55.8 Å². The monoisotopic (exact) mass is 1010 g/mol. The number of hydrogen-bond donors (Lipinski definition) is 0. The molecule has 0 bridgehead atoms. The Kier molecular flexibility index (Phi) is 12.2. The Balaban J connectivity index is 0.797. The second-order valence-electron chi connectivity index (χ2n) is 20.0. The van der Waals surface area contributed by atoms with E-state index in [-0.39, 0.29) is 0 Å². The van der Waals surface area contributed by atoms with Crippen LogP contribution in [0.25, 0.3) is 140 Å². The van der Waals surface area contributed by atoms with Crippen molar-refractivity contribution in [1.29, 1.82) is 0 Å². The number of aromatic nitrogens is 4. The molecule has 0 radical (unpaired) electrons. The van der Waals surface area contributed by atoms with E-state index in [2.05, 4.69) is 308 Å². The van der Waals surface area contributed by atoms with Crippen molar-refractivity contribution in [2.24, 2.45) is 0 Å². The molecule has 14 aromatic rings. The first-order valence-electron chi connectivity index (χ1n) is 26.8. The van der Waals surface area contributed by atoms with Gasteiger partial charge in [0.1, 0.15) is 0 Å². The molecule has 79 heavy (non-hydrogen) atoms. The number of nitrogens with zero attached hydrogens (tertiary/aromatic N) is 4. The van der Waals surface area contributed by atoms with E-state index >= 15 is 0 Å². The van der Waals surface area contributed by atoms with Crippen LogP contribution in [0.3, 0.4) is 0 Å². The second-order valence-corrected chi connectivity index (χ2v) is 20.0. The van der Waals surface area contributed by atoms with E-state index in [0.29, 0.717) is 17.5 Å². The summed E-state index contributed by atoms with van der Waals surface area (Å²) in [5.41, 5.74) is 22.4. The third kappa shape index (κ3) is 9.39. The van der Waals surface area contributed by atoms with Crippen molar-refractivity contribution < 1.29 is 0 Å². The molecule has 0 N–H and O–H groups in total. The highest BCUT2D eigenvalue weighted by Crippen LogP contribution is 2.37. The Bertz CT molecular complexity index is 4260. The lowest BCUT2D eigenvalue weighted by Crippen LogP contribution is -2.00. The van der Waals surface area contributed by atoms with Crippen LogP contribution in [0, 0.1) is 0 Å². The number of fused-ring (bicyclic) bond motifs is 3. The van der Waals surface area contributed by atoms with Crippen molar-refractivity contribution in [2.45, 2.75) is 0 Å². The SMILES string of the molecule is c1ccc(-c2cccc(-c3cccc(-c4ccc(-c5nc(-c6ccc(-c7cccc(-c8cccc(-c9ccccc9)c8)c7)cc6)nc(-c6ccc(-c7cccc(-n8c9ccccc9c9ccccc98)c7)cc6)n5)cc4)c3)c2)cc1. The van der Waals surface area contributed by atoms with Gasteiger partial charge in [0, 0.05) is 33.2 Å². The first-order chi connectivity index (χ1) is 39.1. The fraction of sp³-hybridized carbons (Fsp3) is 0. The van der Waals surface area contributed by atoms with E-state index < -0.39 is 0 Å². The van der Waals surface area contributed by atoms with Gasteiger partial charge in [-0.2, -0.15) is 0 Å². The van der Waals surface area contributed by atoms with Crippen LogP contribution in [0.1, 0.15) is 0 Å². The highest BCUT2D eigenvalue weighted by molar-refractivity contribution is 6.09. The third-order valence-electron chi connectivity index (χ3n) is 15.1. The van der Waals surface area contributed by atoms with Gasteiger partial charge >= 0.3 is 0 Å². The molecule has 4 nitrogen and oxygen atoms in total. The van der Waals surface area contributed by atoms with Gasteiger partial charge in [0.15, 0.2) is 17.5 Å². The number of benzene rings is 12. The molecule has 4 heteroatoms. The Morgan fingerprint density at radius 3 is 0.759 bits per heavy atom. The minimum atomic E-state index is 0.606. The predicted octanol–water partition coefficient (Wildman–Crippen LogP) is 19.6. The zero-order chi connectivity index (χ0) is 52.5. The van der Waals surface area contributed by atoms with Gasteiger partial charge in [0.2, 0.25) is 0 Å². The molecular formula is C75H50N4. The smallest absolute Gasteiger partial charge is 0.164 e. The lowest BCUT2D eigenvalue weighted by Gasteiger charge is -2.12. The molecule has 0 unspecified atom stereocenters. The molecule has 0 spiro atoms. The molecule has 0 fully saturated rings. The van der Waals surface area contributed by atoms with Gasteiger partial charge in [-0.05, 0) is 126 Å². The summed E-state index contributed by atoms with van der Waals surface area (Å²) in [4.78, 5) is 15.6. The van der Waals surface area contributed by atoms with Crippen LogP contribution < -0.4 is 0 Å². The summed E-state index contributed by atoms with van der Waals surface area (Å²) in [6.45, 7) is 0. The van der Waals surface area contributed by atoms with Gasteiger partial charge in [0.25, 0.3) is 0 Å². The Labute approximate surface area is 460 Å². The first-order valence-corrected chi connectivity index (χ1v) is 26.8. The van der Waals surface area contributed by atoms with Crippen molar-refractivity contribution in [1.82, 2.24) is 19.5 Å². The third-order valence-corrected chi connectivity index (χ3v) is 15.1. The number of hydrogen-bond acceptors (Lipinski definition) is 3. The van der Waals surface area contributed by atoms with Crippen LogP contribution in [0.2, 0.25) is 0 Å². The van der Waals surface area contributed by atoms with E-state index in [9.17, 15) is 0 Å². The van der Waals surface area contributed by atoms with E-state index in [1.54, 1.807) is 0 Å². The molecule has 0 aliphatic rings. The zero-order valence-corrected chi connectivity index (χ0v) is 43.2. The van der Waals surface area contributed by atoms with E-state index in [1.165, 1.54) is 66.3 Å². The lowest BCUT2D eigenvalue weighted by atomic mass is 9.96. The minimum absolute atomic E-state index is 0.606. The summed E-state index contributed by atoms with van der Waals surface area (Å²) in [5.74, 6) is 1.82. The van der Waals surface area contributed by atoms with Gasteiger partial charge in [-0.3, -0.25) is 0 Å². The molecule has 0 aliphatic carbocycles. The van der Waals surface area contributed by atoms with Gasteiger partial charge in [-0.25, -0.2) is 15.0 Å². The van der Waals surface area contributed by atoms with Crippen LogP contribution >= 0.6 is 0 Å². The second kappa shape index (κ2) is 20.5. The minimum Gasteiger partial charge on any atom is -0.309 e. The summed E-state index contributed by atoms with van der Waals surface area (Å²) in [6.07, 6.45) is 0. The fourth-order valence-corrected chi connectivity index (χ4v) is 11.0. The van der Waals surface area contributed by atoms with Crippen LogP contribution in [0.15, 0.2) is 303 Å². The Hall–Kier alpha value is -10.6. The van der Waals surface area contributed by atoms with Gasteiger partial charge < -0.3 is 4.57 Å². The maximum Gasteiger partial charge on any atom is 0.164 e. The van der Waals surface area contributed by atoms with Crippen LogP contribution in [0.4, 0.5) is 0 Å². The molecule has 0 saturated heterocycles. The molecule has 2 heterocycles. The Morgan fingerprint density at radius 2 is 0.418 bits per heavy atom. The summed E-state index contributed by atoms with van der Waals surface area (Å²) in [7, 11) is 0. The molecule has 0 saturated carbocycles. The standard InChI is InChI=1S/C75H50N4/c1-3-16-51(17-4-1)59-20-11-24-63(46-59)65-26-13-22-61(48-65)53-34-40-56(41-35-53)73-76-74(57-42-36-54(37-43-57)62-23-14-27-66(49-62)64-25-12-21-60(47-64)52-18-5-2-6-19-52)78-75(77-73)58-44-38-55(39-45-58)67-28-15-29-68(50-67)79-71-32-9-7-30-69(71)70-31-8-10-33-72(70)79/h1-50H. The van der Waals surface area contributed by atoms with E-state index in [4.69, 9.17) is 15.0 Å². The molecule has 2 aromatic heterocycles. The average Bonchev–Trinajstić information content (AvgIpc) is 3.99. The first kappa shape index (κ1) is 46.9. The van der Waals surface area contributed by atoms with Crippen LogP contribution in [-0.2, 0) is 0 Å². The topological polar surface area (TPSA) is 43.6 Å². The fourth-order valence-electron chi connectivity index (χ4n) is 11.0. The molecule has 0 atom stereocenters. The van der Waals surface area contributed by atoms with Crippen molar-refractivity contribution in [3.8, 4) is 118 Å². The summed E-state index contributed by atoms with van der Waals surface area (Å²) in [6, 6.07) is 108. The summed E-state index contributed by atoms with van der Waals surface area (Å²) < 4.78 is 2.36. The normalized spacial score (nSPS) is 11.3. The molecular weight excluding hydrogens is 957 g/mol. The maximum atomic E-state index is 5.20. The van der Waals surface area contributed by atoms with Crippen LogP contribution in [-0.4, -0.2) is 19.5 Å². The van der Waals surface area contributed by atoms with Crippen LogP contribution in [0.5, 0.6) is 0 Å². The van der Waals surface area contributed by atoms with Gasteiger partial charge in [0.05, 0.1) is 11.0 Å². The maximum absolute atomic E-state index is 5.20. The van der Waals surface area contributed by atoms with Gasteiger partial charge in [-0.1, -0.05) is 255 Å². The zero-order valence-electron chi connectivity index (χ0n) is 43.2. The van der Waals surface area contributed by atoms with Crippen molar-refractivity contribution in [3.05, 3.63) is 303 Å². The van der Waals surface area contributed by atoms with Gasteiger partial charge in [-0.15, -0.1) is 0 Å². The Morgan fingerprint density at radius 1 is 0.177 bits per heavy atom. The highest BCUT2D eigenvalue weighted by Gasteiger charge is 2.16. The molecule has 14 rings (SSSR count).